The Bertz CT molecular complexity index is 603. The lowest BCUT2D eigenvalue weighted by Crippen LogP contribution is -2.38. The number of carboxylic acid groups (broad SMARTS) is 2. The van der Waals surface area contributed by atoms with Gasteiger partial charge in [0, 0.05) is 6.92 Å². The van der Waals surface area contributed by atoms with Crippen LogP contribution in [0.5, 0.6) is 5.75 Å². The monoisotopic (exact) mass is 304 g/mol. The first kappa shape index (κ1) is 15.6. The Labute approximate surface area is 127 Å². The molecule has 0 saturated heterocycles. The SMILES string of the molecule is CC(OC1=CCC(C(=O)O)(C(=O)O)C=C1)Oc1ccccc1. The molecular weight excluding hydrogens is 288 g/mol. The molecule has 1 aliphatic carbocycles. The van der Waals surface area contributed by atoms with Crippen molar-refractivity contribution in [2.45, 2.75) is 19.6 Å². The third kappa shape index (κ3) is 3.28. The van der Waals surface area contributed by atoms with Gasteiger partial charge < -0.3 is 19.7 Å². The van der Waals surface area contributed by atoms with Gasteiger partial charge in [0.2, 0.25) is 6.29 Å². The maximum absolute atomic E-state index is 11.2. The highest BCUT2D eigenvalue weighted by Gasteiger charge is 2.44. The van der Waals surface area contributed by atoms with Crippen LogP contribution in [0.15, 0.2) is 54.3 Å². The van der Waals surface area contributed by atoms with Crippen LogP contribution < -0.4 is 4.74 Å². The molecule has 0 fully saturated rings. The first-order chi connectivity index (χ1) is 10.4. The Hall–Kier alpha value is -2.76. The normalized spacial score (nSPS) is 17.2. The van der Waals surface area contributed by atoms with Gasteiger partial charge >= 0.3 is 11.9 Å². The average Bonchev–Trinajstić information content (AvgIpc) is 2.48. The molecule has 1 unspecified atom stereocenters. The average molecular weight is 304 g/mol. The number of benzene rings is 1. The van der Waals surface area contributed by atoms with Crippen LogP contribution in [0.25, 0.3) is 0 Å². The predicted octanol–water partition coefficient (Wildman–Crippen LogP) is 2.43. The van der Waals surface area contributed by atoms with E-state index < -0.39 is 23.6 Å². The van der Waals surface area contributed by atoms with Crippen LogP contribution in [0.4, 0.5) is 0 Å². The van der Waals surface area contributed by atoms with E-state index in [9.17, 15) is 9.59 Å². The number of rotatable bonds is 6. The Kier molecular flexibility index (Phi) is 4.50. The van der Waals surface area contributed by atoms with Crippen molar-refractivity contribution in [2.24, 2.45) is 5.41 Å². The van der Waals surface area contributed by atoms with Crippen molar-refractivity contribution in [1.29, 1.82) is 0 Å². The van der Waals surface area contributed by atoms with E-state index >= 15 is 0 Å². The van der Waals surface area contributed by atoms with E-state index in [0.717, 1.165) is 6.08 Å². The highest BCUT2D eigenvalue weighted by atomic mass is 16.7. The van der Waals surface area contributed by atoms with Gasteiger partial charge in [-0.1, -0.05) is 24.3 Å². The van der Waals surface area contributed by atoms with E-state index in [4.69, 9.17) is 19.7 Å². The number of hydrogen-bond acceptors (Lipinski definition) is 4. The summed E-state index contributed by atoms with van der Waals surface area (Å²) in [6.07, 6.45) is 3.13. The van der Waals surface area contributed by atoms with E-state index in [1.54, 1.807) is 19.1 Å². The van der Waals surface area contributed by atoms with Gasteiger partial charge in [-0.15, -0.1) is 0 Å². The lowest BCUT2D eigenvalue weighted by Gasteiger charge is -2.24. The summed E-state index contributed by atoms with van der Waals surface area (Å²) in [5.41, 5.74) is -1.93. The zero-order valence-electron chi connectivity index (χ0n) is 11.9. The summed E-state index contributed by atoms with van der Waals surface area (Å²) in [5, 5.41) is 18.2. The van der Waals surface area contributed by atoms with Gasteiger partial charge in [0.05, 0.1) is 0 Å². The summed E-state index contributed by atoms with van der Waals surface area (Å²) in [6, 6.07) is 9.09. The van der Waals surface area contributed by atoms with E-state index in [1.165, 1.54) is 12.2 Å². The van der Waals surface area contributed by atoms with Crippen molar-refractivity contribution >= 4 is 11.9 Å². The van der Waals surface area contributed by atoms with Crippen molar-refractivity contribution in [2.75, 3.05) is 0 Å². The molecule has 0 saturated carbocycles. The van der Waals surface area contributed by atoms with Crippen LogP contribution in [0, 0.1) is 5.41 Å². The van der Waals surface area contributed by atoms with Gasteiger partial charge in [0.15, 0.2) is 5.41 Å². The van der Waals surface area contributed by atoms with Crippen LogP contribution in [0.1, 0.15) is 13.3 Å². The summed E-state index contributed by atoms with van der Waals surface area (Å²) in [7, 11) is 0. The number of carboxylic acids is 2. The second-order valence-electron chi connectivity index (χ2n) is 4.84. The van der Waals surface area contributed by atoms with Crippen molar-refractivity contribution in [1.82, 2.24) is 0 Å². The molecule has 0 amide bonds. The lowest BCUT2D eigenvalue weighted by molar-refractivity contribution is -0.160. The molecule has 6 nitrogen and oxygen atoms in total. The summed E-state index contributed by atoms with van der Waals surface area (Å²) >= 11 is 0. The van der Waals surface area contributed by atoms with Crippen molar-refractivity contribution < 1.29 is 29.3 Å². The Morgan fingerprint density at radius 1 is 1.14 bits per heavy atom. The Morgan fingerprint density at radius 3 is 2.27 bits per heavy atom. The van der Waals surface area contributed by atoms with E-state index in [0.29, 0.717) is 11.5 Å². The number of para-hydroxylation sites is 1. The first-order valence-corrected chi connectivity index (χ1v) is 6.68. The number of aliphatic carboxylic acids is 2. The first-order valence-electron chi connectivity index (χ1n) is 6.68. The van der Waals surface area contributed by atoms with Gasteiger partial charge in [-0.3, -0.25) is 9.59 Å². The molecule has 0 heterocycles. The second-order valence-corrected chi connectivity index (χ2v) is 4.84. The lowest BCUT2D eigenvalue weighted by atomic mass is 9.81. The fraction of sp³-hybridized carbons (Fsp3) is 0.250. The minimum absolute atomic E-state index is 0.179. The molecule has 2 rings (SSSR count). The summed E-state index contributed by atoms with van der Waals surface area (Å²) < 4.78 is 11.0. The summed E-state index contributed by atoms with van der Waals surface area (Å²) in [6.45, 7) is 1.69. The highest BCUT2D eigenvalue weighted by molar-refractivity contribution is 6.01. The minimum atomic E-state index is -1.93. The smallest absolute Gasteiger partial charge is 0.325 e. The molecule has 0 aromatic heterocycles. The van der Waals surface area contributed by atoms with Crippen molar-refractivity contribution in [3.63, 3.8) is 0 Å². The van der Waals surface area contributed by atoms with Gasteiger partial charge in [0.1, 0.15) is 11.5 Å². The molecule has 0 spiro atoms. The van der Waals surface area contributed by atoms with E-state index in [2.05, 4.69) is 0 Å². The highest BCUT2D eigenvalue weighted by Crippen LogP contribution is 2.31. The van der Waals surface area contributed by atoms with Crippen LogP contribution in [0.3, 0.4) is 0 Å². The quantitative estimate of drug-likeness (QED) is 0.619. The van der Waals surface area contributed by atoms with Gasteiger partial charge in [-0.05, 0) is 30.7 Å². The summed E-state index contributed by atoms with van der Waals surface area (Å²) in [5.74, 6) is -1.79. The van der Waals surface area contributed by atoms with Crippen molar-refractivity contribution in [3.05, 3.63) is 54.3 Å². The van der Waals surface area contributed by atoms with E-state index in [-0.39, 0.29) is 6.42 Å². The molecule has 0 radical (unpaired) electrons. The summed E-state index contributed by atoms with van der Waals surface area (Å²) in [4.78, 5) is 22.3. The predicted molar refractivity (Wildman–Crippen MR) is 77.2 cm³/mol. The maximum atomic E-state index is 11.2. The van der Waals surface area contributed by atoms with Crippen LogP contribution in [0.2, 0.25) is 0 Å². The minimum Gasteiger partial charge on any atom is -0.480 e. The molecule has 116 valence electrons. The topological polar surface area (TPSA) is 93.1 Å². The van der Waals surface area contributed by atoms with Crippen LogP contribution in [-0.4, -0.2) is 28.4 Å². The van der Waals surface area contributed by atoms with Gasteiger partial charge in [0.25, 0.3) is 0 Å². The zero-order chi connectivity index (χ0) is 16.2. The van der Waals surface area contributed by atoms with Crippen molar-refractivity contribution in [3.8, 4) is 5.75 Å². The molecule has 1 aromatic carbocycles. The van der Waals surface area contributed by atoms with Crippen LogP contribution in [-0.2, 0) is 14.3 Å². The van der Waals surface area contributed by atoms with E-state index in [1.807, 2.05) is 18.2 Å². The number of carbonyl (C=O) groups is 2. The third-order valence-corrected chi connectivity index (χ3v) is 3.27. The molecule has 2 N–H and O–H groups in total. The molecule has 6 heteroatoms. The van der Waals surface area contributed by atoms with Gasteiger partial charge in [-0.2, -0.15) is 0 Å². The van der Waals surface area contributed by atoms with Crippen LogP contribution >= 0.6 is 0 Å². The number of hydrogen-bond donors (Lipinski definition) is 2. The standard InChI is InChI=1S/C16H16O6/c1-11(21-12-5-3-2-4-6-12)22-13-7-9-16(10-8-13,14(17)18)15(19)20/h2-9,11H,10H2,1H3,(H,17,18)(H,19,20). The third-order valence-electron chi connectivity index (χ3n) is 3.27. The fourth-order valence-corrected chi connectivity index (χ4v) is 2.02. The Morgan fingerprint density at radius 2 is 1.77 bits per heavy atom. The fourth-order valence-electron chi connectivity index (χ4n) is 2.02. The number of ether oxygens (including phenoxy) is 2. The maximum Gasteiger partial charge on any atom is 0.325 e. The van der Waals surface area contributed by atoms with Gasteiger partial charge in [-0.25, -0.2) is 0 Å². The molecule has 1 aromatic rings. The molecule has 22 heavy (non-hydrogen) atoms. The molecule has 0 bridgehead atoms. The molecule has 1 aliphatic rings. The second kappa shape index (κ2) is 6.34. The zero-order valence-corrected chi connectivity index (χ0v) is 11.9. The molecular formula is C16H16O6. The number of allylic oxidation sites excluding steroid dienone is 2. The molecule has 1 atom stereocenters. The Balaban J connectivity index is 1.99. The largest absolute Gasteiger partial charge is 0.480 e. The molecule has 0 aliphatic heterocycles.